The van der Waals surface area contributed by atoms with Crippen LogP contribution in [0.15, 0.2) is 0 Å². The molecule has 7 heteroatoms. The van der Waals surface area contributed by atoms with Gasteiger partial charge in [-0.1, -0.05) is 39.5 Å². The third-order valence-electron chi connectivity index (χ3n) is 6.55. The lowest BCUT2D eigenvalue weighted by Crippen LogP contribution is -2.67. The van der Waals surface area contributed by atoms with Crippen LogP contribution in [0.25, 0.3) is 0 Å². The number of likely N-dealkylation sites (tertiary alicyclic amines) is 1. The van der Waals surface area contributed by atoms with E-state index in [4.69, 9.17) is 5.73 Å². The van der Waals surface area contributed by atoms with E-state index in [1.807, 2.05) is 4.90 Å². The van der Waals surface area contributed by atoms with E-state index in [-0.39, 0.29) is 17.9 Å². The van der Waals surface area contributed by atoms with Gasteiger partial charge >= 0.3 is 0 Å². The monoisotopic (exact) mass is 408 g/mol. The Balaban J connectivity index is 2.10. The summed E-state index contributed by atoms with van der Waals surface area (Å²) in [6.07, 6.45) is 8.84. The molecule has 2 aliphatic rings. The maximum Gasteiger partial charge on any atom is 0.240 e. The predicted molar refractivity (Wildman–Crippen MR) is 114 cm³/mol. The van der Waals surface area contributed by atoms with Gasteiger partial charge in [-0.2, -0.15) is 0 Å². The van der Waals surface area contributed by atoms with Gasteiger partial charge in [0.05, 0.1) is 6.04 Å². The standard InChI is InChI=1S/C22H40N4O3/c1-3-5-7-19-21(29)26(14-11-24-19)22(17-27,10-6-4-2)16-25-12-8-18(9-13-25)15-20(23)28/h17-19,24H,3-16H2,1-2H3,(H2,23,28)/t19-,22+/m0/s1. The molecule has 0 spiro atoms. The van der Waals surface area contributed by atoms with Crippen molar-refractivity contribution in [3.05, 3.63) is 0 Å². The first-order valence-electron chi connectivity index (χ1n) is 11.5. The van der Waals surface area contributed by atoms with E-state index in [9.17, 15) is 14.4 Å². The minimum Gasteiger partial charge on any atom is -0.370 e. The second kappa shape index (κ2) is 11.6. The van der Waals surface area contributed by atoms with E-state index in [0.717, 1.165) is 70.9 Å². The average Bonchev–Trinajstić information content (AvgIpc) is 2.71. The van der Waals surface area contributed by atoms with Crippen LogP contribution in [0.5, 0.6) is 0 Å². The number of amides is 2. The number of nitrogens with one attached hydrogen (secondary N) is 1. The van der Waals surface area contributed by atoms with Crippen molar-refractivity contribution in [1.29, 1.82) is 0 Å². The van der Waals surface area contributed by atoms with Crippen LogP contribution < -0.4 is 11.1 Å². The number of carbonyl (C=O) groups is 3. The Morgan fingerprint density at radius 3 is 2.48 bits per heavy atom. The fourth-order valence-corrected chi connectivity index (χ4v) is 4.77. The molecule has 2 amide bonds. The molecule has 2 atom stereocenters. The number of aldehydes is 1. The van der Waals surface area contributed by atoms with Gasteiger partial charge in [-0.15, -0.1) is 0 Å². The Bertz CT molecular complexity index is 548. The lowest BCUT2D eigenvalue weighted by molar-refractivity contribution is -0.148. The highest BCUT2D eigenvalue weighted by molar-refractivity contribution is 5.87. The lowest BCUT2D eigenvalue weighted by Gasteiger charge is -2.47. The van der Waals surface area contributed by atoms with Crippen LogP contribution in [-0.4, -0.2) is 72.2 Å². The first kappa shape index (κ1) is 23.8. The van der Waals surface area contributed by atoms with Gasteiger partial charge in [0.25, 0.3) is 0 Å². The Morgan fingerprint density at radius 1 is 1.21 bits per heavy atom. The van der Waals surface area contributed by atoms with Gasteiger partial charge in [0.15, 0.2) is 0 Å². The Morgan fingerprint density at radius 2 is 1.90 bits per heavy atom. The summed E-state index contributed by atoms with van der Waals surface area (Å²) in [6.45, 7) is 7.85. The largest absolute Gasteiger partial charge is 0.370 e. The zero-order valence-corrected chi connectivity index (χ0v) is 18.3. The van der Waals surface area contributed by atoms with Crippen LogP contribution in [-0.2, 0) is 14.4 Å². The molecule has 0 aromatic heterocycles. The highest BCUT2D eigenvalue weighted by Gasteiger charge is 2.44. The molecule has 0 saturated carbocycles. The predicted octanol–water partition coefficient (Wildman–Crippen LogP) is 1.69. The fourth-order valence-electron chi connectivity index (χ4n) is 4.77. The maximum absolute atomic E-state index is 13.2. The molecule has 166 valence electrons. The molecule has 0 aromatic rings. The van der Waals surface area contributed by atoms with Crippen LogP contribution in [0.4, 0.5) is 0 Å². The van der Waals surface area contributed by atoms with Crippen molar-refractivity contribution >= 4 is 18.1 Å². The molecule has 3 N–H and O–H groups in total. The molecule has 7 nitrogen and oxygen atoms in total. The lowest BCUT2D eigenvalue weighted by atomic mass is 9.87. The number of hydrogen-bond acceptors (Lipinski definition) is 5. The highest BCUT2D eigenvalue weighted by Crippen LogP contribution is 2.28. The molecule has 0 radical (unpaired) electrons. The maximum atomic E-state index is 13.2. The van der Waals surface area contributed by atoms with Crippen LogP contribution in [0.2, 0.25) is 0 Å². The summed E-state index contributed by atoms with van der Waals surface area (Å²) in [5, 5.41) is 3.35. The summed E-state index contributed by atoms with van der Waals surface area (Å²) < 4.78 is 0. The number of nitrogens with zero attached hydrogens (tertiary/aromatic N) is 2. The third kappa shape index (κ3) is 6.51. The van der Waals surface area contributed by atoms with Crippen molar-refractivity contribution in [3.63, 3.8) is 0 Å². The van der Waals surface area contributed by atoms with Crippen LogP contribution in [0.1, 0.15) is 71.6 Å². The SMILES string of the molecule is CCCC[C@@H]1NCCN([C@](C=O)(CCCC)CN2CCC(CC(N)=O)CC2)C1=O. The van der Waals surface area contributed by atoms with E-state index in [0.29, 0.717) is 31.8 Å². The van der Waals surface area contributed by atoms with Crippen molar-refractivity contribution in [2.75, 3.05) is 32.7 Å². The van der Waals surface area contributed by atoms with E-state index in [1.165, 1.54) is 0 Å². The smallest absolute Gasteiger partial charge is 0.240 e. The van der Waals surface area contributed by atoms with Crippen molar-refractivity contribution < 1.29 is 14.4 Å². The van der Waals surface area contributed by atoms with E-state index >= 15 is 0 Å². The van der Waals surface area contributed by atoms with Crippen LogP contribution in [0.3, 0.4) is 0 Å². The van der Waals surface area contributed by atoms with Gasteiger partial charge in [0, 0.05) is 26.1 Å². The number of piperidine rings is 1. The van der Waals surface area contributed by atoms with Crippen molar-refractivity contribution in [3.8, 4) is 0 Å². The average molecular weight is 409 g/mol. The van der Waals surface area contributed by atoms with Crippen LogP contribution >= 0.6 is 0 Å². The van der Waals surface area contributed by atoms with Gasteiger partial charge in [-0.25, -0.2) is 0 Å². The molecule has 2 rings (SSSR count). The fraction of sp³-hybridized carbons (Fsp3) is 0.864. The van der Waals surface area contributed by atoms with Crippen LogP contribution in [0, 0.1) is 5.92 Å². The van der Waals surface area contributed by atoms with Gasteiger partial charge in [-0.3, -0.25) is 9.59 Å². The molecule has 0 aliphatic carbocycles. The number of primary amides is 1. The van der Waals surface area contributed by atoms with E-state index in [1.54, 1.807) is 0 Å². The number of hydrogen-bond donors (Lipinski definition) is 2. The Kier molecular flexibility index (Phi) is 9.56. The van der Waals surface area contributed by atoms with Gasteiger partial charge in [0.1, 0.15) is 11.8 Å². The second-order valence-electron chi connectivity index (χ2n) is 8.85. The molecule has 29 heavy (non-hydrogen) atoms. The Hall–Kier alpha value is -1.47. The summed E-state index contributed by atoms with van der Waals surface area (Å²) in [5.74, 6) is 0.180. The van der Waals surface area contributed by atoms with Gasteiger partial charge < -0.3 is 25.6 Å². The minimum absolute atomic E-state index is 0.0801. The summed E-state index contributed by atoms with van der Waals surface area (Å²) >= 11 is 0. The quantitative estimate of drug-likeness (QED) is 0.479. The molecule has 2 heterocycles. The van der Waals surface area contributed by atoms with Gasteiger partial charge in [0.2, 0.25) is 11.8 Å². The highest BCUT2D eigenvalue weighted by atomic mass is 16.2. The Labute approximate surface area is 175 Å². The van der Waals surface area contributed by atoms with Gasteiger partial charge in [-0.05, 0) is 44.7 Å². The zero-order chi connectivity index (χ0) is 21.3. The number of nitrogens with two attached hydrogens (primary N) is 1. The molecular formula is C22H40N4O3. The number of carbonyl (C=O) groups excluding carboxylic acids is 3. The summed E-state index contributed by atoms with van der Waals surface area (Å²) in [4.78, 5) is 41.1. The first-order valence-corrected chi connectivity index (χ1v) is 11.5. The molecule has 0 aromatic carbocycles. The van der Waals surface area contributed by atoms with E-state index < -0.39 is 5.54 Å². The minimum atomic E-state index is -0.754. The molecule has 0 bridgehead atoms. The molecule has 2 fully saturated rings. The third-order valence-corrected chi connectivity index (χ3v) is 6.55. The molecular weight excluding hydrogens is 368 g/mol. The van der Waals surface area contributed by atoms with E-state index in [2.05, 4.69) is 24.1 Å². The number of unbranched alkanes of at least 4 members (excludes halogenated alkanes) is 2. The number of piperazine rings is 1. The van der Waals surface area contributed by atoms with Crippen molar-refractivity contribution in [2.45, 2.75) is 83.2 Å². The van der Waals surface area contributed by atoms with Crippen molar-refractivity contribution in [2.24, 2.45) is 11.7 Å². The number of rotatable bonds is 12. The second-order valence-corrected chi connectivity index (χ2v) is 8.85. The molecule has 2 aliphatic heterocycles. The molecule has 0 unspecified atom stereocenters. The molecule has 2 saturated heterocycles. The summed E-state index contributed by atoms with van der Waals surface area (Å²) in [7, 11) is 0. The summed E-state index contributed by atoms with van der Waals surface area (Å²) in [5.41, 5.74) is 4.59. The topological polar surface area (TPSA) is 95.7 Å². The zero-order valence-electron chi connectivity index (χ0n) is 18.3. The normalized spacial score (nSPS) is 23.7. The first-order chi connectivity index (χ1) is 14.0. The van der Waals surface area contributed by atoms with Crippen molar-refractivity contribution in [1.82, 2.24) is 15.1 Å². The summed E-state index contributed by atoms with van der Waals surface area (Å²) in [6, 6.07) is -0.175.